The molecule has 0 aromatic heterocycles. The summed E-state index contributed by atoms with van der Waals surface area (Å²) in [5.74, 6) is 0.208. The van der Waals surface area contributed by atoms with Crippen molar-refractivity contribution in [3.05, 3.63) is 0 Å². The van der Waals surface area contributed by atoms with E-state index in [1.165, 1.54) is 35.0 Å². The fraction of sp³-hybridized carbons (Fsp3) is 1.00. The number of hydrogen-bond donors (Lipinski definition) is 3. The highest BCUT2D eigenvalue weighted by molar-refractivity contribution is 6.72. The Balaban J connectivity index is 2.57. The van der Waals surface area contributed by atoms with Crippen LogP contribution >= 0.6 is 0 Å². The summed E-state index contributed by atoms with van der Waals surface area (Å²) in [7, 11) is -3.19. The molecule has 6 unspecified atom stereocenters. The molecule has 0 radical (unpaired) electrons. The molecular formula is C18H42O11Si3. The van der Waals surface area contributed by atoms with Crippen LogP contribution in [0, 0.1) is 5.92 Å². The van der Waals surface area contributed by atoms with Crippen LogP contribution in [0.5, 0.6) is 0 Å². The first kappa shape index (κ1) is 30.2. The third-order valence-electron chi connectivity index (χ3n) is 5.77. The van der Waals surface area contributed by atoms with Gasteiger partial charge >= 0.3 is 26.4 Å². The molecule has 192 valence electrons. The van der Waals surface area contributed by atoms with E-state index in [1.807, 2.05) is 6.92 Å². The SMILES string of the molecule is CCC(C[Si](O)(OC)OC)OC1CCC(COC[Si](O)(OC)O[Si](C)(O)OC)CC1OC. The number of hydrogen-bond acceptors (Lipinski definition) is 11. The van der Waals surface area contributed by atoms with Crippen LogP contribution in [-0.4, -0.2) is 107 Å². The monoisotopic (exact) mass is 518 g/mol. The van der Waals surface area contributed by atoms with Crippen LogP contribution in [-0.2, 0) is 36.0 Å². The normalized spacial score (nSPS) is 27.0. The molecule has 1 aliphatic rings. The van der Waals surface area contributed by atoms with Gasteiger partial charge in [-0.2, -0.15) is 0 Å². The van der Waals surface area contributed by atoms with Gasteiger partial charge in [0.05, 0.1) is 18.3 Å². The predicted molar refractivity (Wildman–Crippen MR) is 122 cm³/mol. The van der Waals surface area contributed by atoms with Gasteiger partial charge in [0.1, 0.15) is 6.23 Å². The van der Waals surface area contributed by atoms with Crippen molar-refractivity contribution < 1.29 is 50.4 Å². The summed E-state index contributed by atoms with van der Waals surface area (Å²) < 4.78 is 43.4. The first-order valence-electron chi connectivity index (χ1n) is 10.8. The van der Waals surface area contributed by atoms with E-state index in [9.17, 15) is 14.4 Å². The lowest BCUT2D eigenvalue weighted by Gasteiger charge is -2.38. The Morgan fingerprint density at radius 3 is 2.00 bits per heavy atom. The summed E-state index contributed by atoms with van der Waals surface area (Å²) in [5.41, 5.74) is 0. The molecule has 0 heterocycles. The van der Waals surface area contributed by atoms with Crippen molar-refractivity contribution in [2.45, 2.75) is 63.5 Å². The Bertz CT molecular complexity index is 526. The minimum absolute atomic E-state index is 0.107. The first-order valence-corrected chi connectivity index (χ1v) is 17.0. The highest BCUT2D eigenvalue weighted by atomic mass is 28.5. The smallest absolute Gasteiger partial charge is 0.390 e. The molecule has 0 spiro atoms. The zero-order valence-electron chi connectivity index (χ0n) is 20.4. The third-order valence-corrected chi connectivity index (χ3v) is 12.8. The van der Waals surface area contributed by atoms with E-state index in [0.29, 0.717) is 12.7 Å². The molecule has 0 amide bonds. The Morgan fingerprint density at radius 2 is 1.50 bits per heavy atom. The van der Waals surface area contributed by atoms with Crippen molar-refractivity contribution in [2.24, 2.45) is 5.92 Å². The molecule has 3 N–H and O–H groups in total. The predicted octanol–water partition coefficient (Wildman–Crippen LogP) is 0.547. The quantitative estimate of drug-likeness (QED) is 0.247. The van der Waals surface area contributed by atoms with Crippen LogP contribution in [0.4, 0.5) is 0 Å². The standard InChI is InChI=1S/C18H42O11Si3/c1-8-16(13-31(20,24-4)25-5)28-17-10-9-15(11-18(17)22-2)12-27-14-32(21,26-6)29-30(7,19)23-3/h15-21H,8-14H2,1-7H3. The molecule has 14 heteroatoms. The van der Waals surface area contributed by atoms with E-state index in [-0.39, 0.29) is 30.5 Å². The molecule has 1 fully saturated rings. The van der Waals surface area contributed by atoms with Gasteiger partial charge in [-0.1, -0.05) is 6.92 Å². The van der Waals surface area contributed by atoms with E-state index in [0.717, 1.165) is 25.7 Å². The van der Waals surface area contributed by atoms with Gasteiger partial charge < -0.3 is 50.4 Å². The highest BCUT2D eigenvalue weighted by Gasteiger charge is 2.47. The Kier molecular flexibility index (Phi) is 13.2. The van der Waals surface area contributed by atoms with Gasteiger partial charge in [-0.15, -0.1) is 0 Å². The lowest BCUT2D eigenvalue weighted by atomic mass is 9.85. The summed E-state index contributed by atoms with van der Waals surface area (Å²) in [6.45, 7) is 3.79. The maximum Gasteiger partial charge on any atom is 0.517 e. The minimum Gasteiger partial charge on any atom is -0.390 e. The Labute approximate surface area is 194 Å². The second-order valence-corrected chi connectivity index (χ2v) is 15.9. The Morgan fingerprint density at radius 1 is 0.875 bits per heavy atom. The van der Waals surface area contributed by atoms with E-state index >= 15 is 0 Å². The molecule has 0 saturated heterocycles. The highest BCUT2D eigenvalue weighted by Crippen LogP contribution is 2.31. The maximum atomic E-state index is 10.5. The summed E-state index contributed by atoms with van der Waals surface area (Å²) in [5, 5.41) is 0. The van der Waals surface area contributed by atoms with Crippen LogP contribution < -0.4 is 0 Å². The van der Waals surface area contributed by atoms with Gasteiger partial charge in [-0.3, -0.25) is 0 Å². The molecule has 11 nitrogen and oxygen atoms in total. The molecule has 1 saturated carbocycles. The van der Waals surface area contributed by atoms with Gasteiger partial charge in [0.2, 0.25) is 0 Å². The lowest BCUT2D eigenvalue weighted by molar-refractivity contribution is -0.119. The van der Waals surface area contributed by atoms with Crippen LogP contribution in [0.2, 0.25) is 12.6 Å². The van der Waals surface area contributed by atoms with Crippen LogP contribution in [0.1, 0.15) is 32.6 Å². The third kappa shape index (κ3) is 9.83. The topological polar surface area (TPSA) is 135 Å². The molecule has 0 aromatic rings. The summed E-state index contributed by atoms with van der Waals surface area (Å²) in [6.07, 6.45) is 2.51. The van der Waals surface area contributed by atoms with Gasteiger partial charge in [0, 0.05) is 54.7 Å². The molecule has 0 aromatic carbocycles. The van der Waals surface area contributed by atoms with Crippen molar-refractivity contribution in [1.82, 2.24) is 0 Å². The second-order valence-electron chi connectivity index (χ2n) is 8.12. The maximum absolute atomic E-state index is 10.5. The minimum atomic E-state index is -3.70. The van der Waals surface area contributed by atoms with Gasteiger partial charge in [0.15, 0.2) is 0 Å². The molecule has 0 bridgehead atoms. The van der Waals surface area contributed by atoms with E-state index in [4.69, 9.17) is 36.0 Å². The van der Waals surface area contributed by atoms with Gasteiger partial charge in [0.25, 0.3) is 0 Å². The van der Waals surface area contributed by atoms with Crippen LogP contribution in [0.3, 0.4) is 0 Å². The summed E-state index contributed by atoms with van der Waals surface area (Å²) >= 11 is 0. The zero-order chi connectivity index (χ0) is 24.4. The molecular weight excluding hydrogens is 476 g/mol. The lowest BCUT2D eigenvalue weighted by Crippen LogP contribution is -2.56. The van der Waals surface area contributed by atoms with Crippen molar-refractivity contribution >= 4 is 26.4 Å². The molecule has 6 atom stereocenters. The summed E-state index contributed by atoms with van der Waals surface area (Å²) in [6, 6.07) is 0.324. The first-order chi connectivity index (χ1) is 15.0. The van der Waals surface area contributed by atoms with Crippen LogP contribution in [0.15, 0.2) is 0 Å². The molecule has 1 rings (SSSR count). The van der Waals surface area contributed by atoms with E-state index in [2.05, 4.69) is 0 Å². The summed E-state index contributed by atoms with van der Waals surface area (Å²) in [4.78, 5) is 30.9. The molecule has 32 heavy (non-hydrogen) atoms. The van der Waals surface area contributed by atoms with Crippen molar-refractivity contribution in [3.63, 3.8) is 0 Å². The number of rotatable bonds is 16. The number of methoxy groups -OCH3 is 1. The largest absolute Gasteiger partial charge is 0.517 e. The second kappa shape index (κ2) is 13.9. The van der Waals surface area contributed by atoms with E-state index in [1.54, 1.807) is 7.11 Å². The van der Waals surface area contributed by atoms with Crippen molar-refractivity contribution in [1.29, 1.82) is 0 Å². The van der Waals surface area contributed by atoms with Crippen molar-refractivity contribution in [3.8, 4) is 0 Å². The zero-order valence-corrected chi connectivity index (χ0v) is 23.4. The molecule has 0 aliphatic heterocycles. The average molecular weight is 519 g/mol. The fourth-order valence-corrected chi connectivity index (χ4v) is 8.86. The fourth-order valence-electron chi connectivity index (χ4n) is 3.63. The number of ether oxygens (including phenoxy) is 3. The molecule has 1 aliphatic carbocycles. The van der Waals surface area contributed by atoms with Gasteiger partial charge in [-0.25, -0.2) is 0 Å². The van der Waals surface area contributed by atoms with Gasteiger partial charge in [-0.05, 0) is 31.6 Å². The van der Waals surface area contributed by atoms with E-state index < -0.39 is 26.4 Å². The van der Waals surface area contributed by atoms with Crippen molar-refractivity contribution in [2.75, 3.05) is 48.4 Å². The Hall–Kier alpha value is 0.211. The average Bonchev–Trinajstić information content (AvgIpc) is 2.78. The van der Waals surface area contributed by atoms with Crippen LogP contribution in [0.25, 0.3) is 0 Å².